The highest BCUT2D eigenvalue weighted by molar-refractivity contribution is 14.2. The summed E-state index contributed by atoms with van der Waals surface area (Å²) in [6.07, 6.45) is 4.67. The molecule has 0 radical (unpaired) electrons. The lowest BCUT2D eigenvalue weighted by molar-refractivity contribution is -0.104. The summed E-state index contributed by atoms with van der Waals surface area (Å²) < 4.78 is 1.99. The van der Waals surface area contributed by atoms with Gasteiger partial charge in [0, 0.05) is 5.39 Å². The molecule has 3 nitrogen and oxygen atoms in total. The van der Waals surface area contributed by atoms with Gasteiger partial charge >= 0.3 is 0 Å². The molecular formula is C11H10IN2OP. The van der Waals surface area contributed by atoms with Crippen molar-refractivity contribution in [2.45, 2.75) is 6.92 Å². The minimum absolute atomic E-state index is 0.585. The summed E-state index contributed by atoms with van der Waals surface area (Å²) in [6, 6.07) is 6.11. The van der Waals surface area contributed by atoms with Crippen molar-refractivity contribution in [3.63, 3.8) is 0 Å². The molecule has 0 amide bonds. The van der Waals surface area contributed by atoms with Crippen LogP contribution in [0.3, 0.4) is 0 Å². The number of fused-ring (bicyclic) bond motifs is 1. The predicted octanol–water partition coefficient (Wildman–Crippen LogP) is 3.35. The zero-order valence-electron chi connectivity index (χ0n) is 8.64. The molecule has 1 heterocycles. The normalized spacial score (nSPS) is 12.1. The van der Waals surface area contributed by atoms with Crippen LogP contribution < -0.4 is 0 Å². The number of carbonyl (C=O) groups excluding carboxylic acids is 1. The van der Waals surface area contributed by atoms with Gasteiger partial charge in [0.1, 0.15) is 6.29 Å². The zero-order chi connectivity index (χ0) is 11.5. The topological polar surface area (TPSA) is 34.9 Å². The molecule has 82 valence electrons. The van der Waals surface area contributed by atoms with Gasteiger partial charge in [0.15, 0.2) is 0 Å². The second-order valence-electron chi connectivity index (χ2n) is 3.35. The maximum Gasteiger partial charge on any atom is 0.142 e. The summed E-state index contributed by atoms with van der Waals surface area (Å²) in [7, 11) is 0. The van der Waals surface area contributed by atoms with E-state index in [1.807, 2.05) is 17.4 Å². The van der Waals surface area contributed by atoms with Crippen LogP contribution in [0.1, 0.15) is 11.3 Å². The SMILES string of the molecule is Cc1nn(PI)c2cc(/C=C/C=O)ccc12. The van der Waals surface area contributed by atoms with Gasteiger partial charge in [-0.1, -0.05) is 18.2 Å². The molecule has 5 heteroatoms. The Morgan fingerprint density at radius 3 is 3.00 bits per heavy atom. The Balaban J connectivity index is 2.59. The van der Waals surface area contributed by atoms with Crippen molar-refractivity contribution in [2.24, 2.45) is 0 Å². The van der Waals surface area contributed by atoms with E-state index in [4.69, 9.17) is 0 Å². The van der Waals surface area contributed by atoms with E-state index in [0.29, 0.717) is 6.37 Å². The van der Waals surface area contributed by atoms with Gasteiger partial charge in [0.25, 0.3) is 0 Å². The van der Waals surface area contributed by atoms with Crippen molar-refractivity contribution in [3.05, 3.63) is 35.5 Å². The second-order valence-corrected chi connectivity index (χ2v) is 5.39. The Morgan fingerprint density at radius 1 is 1.50 bits per heavy atom. The maximum atomic E-state index is 10.3. The second kappa shape index (κ2) is 5.06. The van der Waals surface area contributed by atoms with Gasteiger partial charge in [-0.25, -0.2) is 4.45 Å². The lowest BCUT2D eigenvalue weighted by atomic mass is 10.1. The maximum absolute atomic E-state index is 10.3. The van der Waals surface area contributed by atoms with Gasteiger partial charge in [0.05, 0.1) is 17.6 Å². The molecule has 0 aliphatic heterocycles. The standard InChI is InChI=1S/C11H10IN2OP/c1-8-10-5-4-9(3-2-6-15)7-11(10)14(13-8)16-12/h2-7,16H,1H3/b3-2+. The number of aldehydes is 1. The van der Waals surface area contributed by atoms with E-state index in [1.54, 1.807) is 6.08 Å². The first-order valence-corrected chi connectivity index (χ1v) is 8.80. The zero-order valence-corrected chi connectivity index (χ0v) is 11.8. The van der Waals surface area contributed by atoms with Gasteiger partial charge in [0.2, 0.25) is 0 Å². The minimum Gasteiger partial charge on any atom is -0.299 e. The number of rotatable bonds is 3. The third kappa shape index (κ3) is 2.18. The molecule has 1 aromatic carbocycles. The van der Waals surface area contributed by atoms with E-state index in [0.717, 1.165) is 23.1 Å². The Bertz CT molecular complexity index is 562. The van der Waals surface area contributed by atoms with Gasteiger partial charge in [-0.05, 0) is 46.7 Å². The van der Waals surface area contributed by atoms with Crippen LogP contribution in [0, 0.1) is 6.92 Å². The van der Waals surface area contributed by atoms with Crippen LogP contribution in [0.15, 0.2) is 24.3 Å². The molecular weight excluding hydrogens is 334 g/mol. The summed E-state index contributed by atoms with van der Waals surface area (Å²) >= 11 is 2.31. The van der Waals surface area contributed by atoms with Gasteiger partial charge in [-0.2, -0.15) is 5.10 Å². The smallest absolute Gasteiger partial charge is 0.142 e. The first-order chi connectivity index (χ1) is 7.76. The predicted molar refractivity (Wildman–Crippen MR) is 77.3 cm³/mol. The van der Waals surface area contributed by atoms with Crippen molar-refractivity contribution in [2.75, 3.05) is 0 Å². The van der Waals surface area contributed by atoms with E-state index >= 15 is 0 Å². The van der Waals surface area contributed by atoms with Crippen LogP contribution in [0.5, 0.6) is 0 Å². The fourth-order valence-electron chi connectivity index (χ4n) is 1.61. The van der Waals surface area contributed by atoms with Crippen LogP contribution >= 0.6 is 28.4 Å². The van der Waals surface area contributed by atoms with Gasteiger partial charge in [-0.15, -0.1) is 0 Å². The quantitative estimate of drug-likeness (QED) is 0.371. The molecule has 2 rings (SSSR count). The van der Waals surface area contributed by atoms with Gasteiger partial charge < -0.3 is 0 Å². The van der Waals surface area contributed by atoms with E-state index in [2.05, 4.69) is 39.3 Å². The molecule has 0 aliphatic rings. The van der Waals surface area contributed by atoms with E-state index in [9.17, 15) is 4.79 Å². The third-order valence-electron chi connectivity index (χ3n) is 2.34. The lowest BCUT2D eigenvalue weighted by Gasteiger charge is -1.98. The number of hydrogen-bond donors (Lipinski definition) is 0. The Labute approximate surface area is 108 Å². The highest BCUT2D eigenvalue weighted by Gasteiger charge is 2.06. The Kier molecular flexibility index (Phi) is 3.71. The van der Waals surface area contributed by atoms with Crippen molar-refractivity contribution >= 4 is 51.7 Å². The van der Waals surface area contributed by atoms with Crippen LogP contribution in [-0.2, 0) is 4.79 Å². The van der Waals surface area contributed by atoms with Crippen molar-refractivity contribution < 1.29 is 4.79 Å². The number of benzene rings is 1. The van der Waals surface area contributed by atoms with Gasteiger partial charge in [-0.3, -0.25) is 4.79 Å². The molecule has 1 aromatic heterocycles. The summed E-state index contributed by atoms with van der Waals surface area (Å²) in [5.41, 5.74) is 3.19. The van der Waals surface area contributed by atoms with Crippen molar-refractivity contribution in [3.8, 4) is 0 Å². The van der Waals surface area contributed by atoms with E-state index < -0.39 is 0 Å². The average molecular weight is 344 g/mol. The van der Waals surface area contributed by atoms with Crippen LogP contribution in [0.2, 0.25) is 0 Å². The first-order valence-electron chi connectivity index (χ1n) is 4.74. The average Bonchev–Trinajstić information content (AvgIpc) is 2.63. The Hall–Kier alpha value is -0.740. The summed E-state index contributed by atoms with van der Waals surface area (Å²) in [4.78, 5) is 10.3. The number of aromatic nitrogens is 2. The minimum atomic E-state index is 0.585. The fourth-order valence-corrected chi connectivity index (χ4v) is 3.17. The summed E-state index contributed by atoms with van der Waals surface area (Å²) in [5, 5.41) is 5.63. The number of aryl methyl sites for hydroxylation is 1. The molecule has 0 bridgehead atoms. The molecule has 0 aliphatic carbocycles. The third-order valence-corrected chi connectivity index (χ3v) is 4.21. The largest absolute Gasteiger partial charge is 0.299 e. The molecule has 0 fully saturated rings. The van der Waals surface area contributed by atoms with E-state index in [-0.39, 0.29) is 0 Å². The van der Waals surface area contributed by atoms with Crippen LogP contribution in [-0.4, -0.2) is 15.8 Å². The monoisotopic (exact) mass is 344 g/mol. The summed E-state index contributed by atoms with van der Waals surface area (Å²) in [6.45, 7) is 2.01. The summed E-state index contributed by atoms with van der Waals surface area (Å²) in [5.74, 6) is 0. The molecule has 0 saturated heterocycles. The first kappa shape index (κ1) is 11.7. The number of halogens is 1. The highest BCUT2D eigenvalue weighted by Crippen LogP contribution is 2.30. The van der Waals surface area contributed by atoms with Crippen molar-refractivity contribution in [1.82, 2.24) is 9.55 Å². The fraction of sp³-hybridized carbons (Fsp3) is 0.0909. The number of nitrogens with zero attached hydrogens (tertiary/aromatic N) is 2. The molecule has 0 N–H and O–H groups in total. The molecule has 1 atom stereocenters. The molecule has 2 aromatic rings. The van der Waals surface area contributed by atoms with Crippen LogP contribution in [0.25, 0.3) is 17.0 Å². The van der Waals surface area contributed by atoms with E-state index in [1.165, 1.54) is 11.5 Å². The highest BCUT2D eigenvalue weighted by atomic mass is 127. The van der Waals surface area contributed by atoms with Crippen molar-refractivity contribution in [1.29, 1.82) is 0 Å². The number of allylic oxidation sites excluding steroid dienone is 1. The molecule has 16 heavy (non-hydrogen) atoms. The molecule has 1 unspecified atom stereocenters. The Morgan fingerprint density at radius 2 is 2.31 bits per heavy atom. The lowest BCUT2D eigenvalue weighted by Crippen LogP contribution is -1.83. The molecule has 0 saturated carbocycles. The number of hydrogen-bond acceptors (Lipinski definition) is 2. The number of carbonyl (C=O) groups is 1. The molecule has 0 spiro atoms. The van der Waals surface area contributed by atoms with Crippen LogP contribution in [0.4, 0.5) is 0 Å².